The molecule has 4 heteroatoms. The molecule has 1 heterocycles. The van der Waals surface area contributed by atoms with Crippen molar-refractivity contribution in [3.05, 3.63) is 101 Å². The van der Waals surface area contributed by atoms with Gasteiger partial charge >= 0.3 is 0 Å². The molecule has 0 saturated carbocycles. The maximum atomic E-state index is 13.2. The van der Waals surface area contributed by atoms with Gasteiger partial charge in [-0.25, -0.2) is 0 Å². The van der Waals surface area contributed by atoms with Gasteiger partial charge in [-0.2, -0.15) is 0 Å². The van der Waals surface area contributed by atoms with E-state index in [0.717, 1.165) is 33.3 Å². The lowest BCUT2D eigenvalue weighted by molar-refractivity contribution is -0.112. The summed E-state index contributed by atoms with van der Waals surface area (Å²) >= 11 is 0. The first-order valence-electron chi connectivity index (χ1n) is 10.0. The number of anilines is 1. The Morgan fingerprint density at radius 1 is 0.800 bits per heavy atom. The number of hydrogen-bond acceptors (Lipinski definition) is 2. The highest BCUT2D eigenvalue weighted by molar-refractivity contribution is 6.48. The van der Waals surface area contributed by atoms with Crippen LogP contribution in [0.4, 0.5) is 5.69 Å². The fourth-order valence-corrected chi connectivity index (χ4v) is 3.98. The third kappa shape index (κ3) is 3.52. The smallest absolute Gasteiger partial charge is 0.296 e. The highest BCUT2D eigenvalue weighted by Gasteiger charge is 2.25. The van der Waals surface area contributed by atoms with Crippen LogP contribution in [0.1, 0.15) is 32.7 Å². The Labute approximate surface area is 176 Å². The standard InChI is InChI=1S/C26H24N2O2/c1-17-10-9-11-18(2)24(17)27-26(30)25(29)23-19(3)28(16-20-12-5-4-6-13-20)22-15-8-7-14-21(22)23/h4-15H,16H2,1-3H3,(H,27,30). The molecule has 0 aliphatic carbocycles. The van der Waals surface area contributed by atoms with Crippen molar-refractivity contribution in [3.8, 4) is 0 Å². The molecular weight excluding hydrogens is 372 g/mol. The number of ketones is 1. The molecule has 150 valence electrons. The summed E-state index contributed by atoms with van der Waals surface area (Å²) in [6.07, 6.45) is 0. The van der Waals surface area contributed by atoms with E-state index < -0.39 is 11.7 Å². The Kier molecular flexibility index (Phi) is 5.23. The van der Waals surface area contributed by atoms with Crippen molar-refractivity contribution in [1.29, 1.82) is 0 Å². The van der Waals surface area contributed by atoms with E-state index >= 15 is 0 Å². The predicted molar refractivity (Wildman–Crippen MR) is 121 cm³/mol. The van der Waals surface area contributed by atoms with Crippen molar-refractivity contribution < 1.29 is 9.59 Å². The third-order valence-electron chi connectivity index (χ3n) is 5.57. The van der Waals surface area contributed by atoms with Crippen LogP contribution in [-0.4, -0.2) is 16.3 Å². The zero-order valence-electron chi connectivity index (χ0n) is 17.4. The number of aromatic nitrogens is 1. The first-order valence-corrected chi connectivity index (χ1v) is 10.0. The fraction of sp³-hybridized carbons (Fsp3) is 0.154. The second-order valence-corrected chi connectivity index (χ2v) is 7.60. The molecule has 1 N–H and O–H groups in total. The van der Waals surface area contributed by atoms with Crippen LogP contribution in [0.25, 0.3) is 10.9 Å². The van der Waals surface area contributed by atoms with Gasteiger partial charge in [0.25, 0.3) is 11.7 Å². The van der Waals surface area contributed by atoms with Crippen molar-refractivity contribution in [1.82, 2.24) is 4.57 Å². The van der Waals surface area contributed by atoms with Crippen LogP contribution in [0.15, 0.2) is 72.8 Å². The molecule has 3 aromatic carbocycles. The lowest BCUT2D eigenvalue weighted by atomic mass is 10.0. The molecule has 1 amide bonds. The number of rotatable bonds is 5. The van der Waals surface area contributed by atoms with Crippen molar-refractivity contribution in [2.24, 2.45) is 0 Å². The molecule has 0 radical (unpaired) electrons. The third-order valence-corrected chi connectivity index (χ3v) is 5.57. The Morgan fingerprint density at radius 3 is 2.13 bits per heavy atom. The first-order chi connectivity index (χ1) is 14.5. The van der Waals surface area contributed by atoms with E-state index in [-0.39, 0.29) is 0 Å². The zero-order valence-corrected chi connectivity index (χ0v) is 17.4. The number of fused-ring (bicyclic) bond motifs is 1. The molecule has 4 aromatic rings. The molecule has 0 aliphatic heterocycles. The molecule has 4 nitrogen and oxygen atoms in total. The summed E-state index contributed by atoms with van der Waals surface area (Å²) in [5, 5.41) is 3.63. The maximum Gasteiger partial charge on any atom is 0.296 e. The summed E-state index contributed by atoms with van der Waals surface area (Å²) in [6.45, 7) is 6.38. The Morgan fingerprint density at radius 2 is 1.43 bits per heavy atom. The number of para-hydroxylation sites is 2. The molecule has 4 rings (SSSR count). The second kappa shape index (κ2) is 7.99. The number of carbonyl (C=O) groups is 2. The average Bonchev–Trinajstić information content (AvgIpc) is 3.02. The minimum Gasteiger partial charge on any atom is -0.340 e. The second-order valence-electron chi connectivity index (χ2n) is 7.60. The summed E-state index contributed by atoms with van der Waals surface area (Å²) in [4.78, 5) is 26.2. The largest absolute Gasteiger partial charge is 0.340 e. The maximum absolute atomic E-state index is 13.2. The summed E-state index contributed by atoms with van der Waals surface area (Å²) in [6, 6.07) is 23.6. The van der Waals surface area contributed by atoms with Crippen LogP contribution in [0.5, 0.6) is 0 Å². The molecule has 0 saturated heterocycles. The van der Waals surface area contributed by atoms with Gasteiger partial charge in [0.05, 0.1) is 5.56 Å². The highest BCUT2D eigenvalue weighted by atomic mass is 16.2. The number of Topliss-reactive ketones (excluding diaryl/α,β-unsaturated/α-hetero) is 1. The molecule has 0 aliphatic rings. The van der Waals surface area contributed by atoms with E-state index in [0.29, 0.717) is 17.8 Å². The van der Waals surface area contributed by atoms with Crippen LogP contribution < -0.4 is 5.32 Å². The molecule has 0 fully saturated rings. The number of carbonyl (C=O) groups excluding carboxylic acids is 2. The van der Waals surface area contributed by atoms with Crippen molar-refractivity contribution in [2.75, 3.05) is 5.32 Å². The molecule has 30 heavy (non-hydrogen) atoms. The lowest BCUT2D eigenvalue weighted by Crippen LogP contribution is -2.24. The Balaban J connectivity index is 1.74. The molecule has 0 bridgehead atoms. The van der Waals surface area contributed by atoms with Crippen LogP contribution in [0.2, 0.25) is 0 Å². The number of benzene rings is 3. The van der Waals surface area contributed by atoms with Gasteiger partial charge in [0.1, 0.15) is 0 Å². The van der Waals surface area contributed by atoms with Crippen molar-refractivity contribution in [3.63, 3.8) is 0 Å². The van der Waals surface area contributed by atoms with Crippen LogP contribution in [-0.2, 0) is 11.3 Å². The summed E-state index contributed by atoms with van der Waals surface area (Å²) < 4.78 is 2.10. The van der Waals surface area contributed by atoms with Gasteiger partial charge in [0, 0.05) is 28.8 Å². The van der Waals surface area contributed by atoms with Crippen molar-refractivity contribution in [2.45, 2.75) is 27.3 Å². The van der Waals surface area contributed by atoms with Gasteiger partial charge in [-0.05, 0) is 43.5 Å². The topological polar surface area (TPSA) is 51.1 Å². The fourth-order valence-electron chi connectivity index (χ4n) is 3.98. The molecular formula is C26H24N2O2. The molecule has 0 unspecified atom stereocenters. The van der Waals surface area contributed by atoms with Gasteiger partial charge in [0.15, 0.2) is 0 Å². The van der Waals surface area contributed by atoms with Crippen molar-refractivity contribution >= 4 is 28.3 Å². The van der Waals surface area contributed by atoms with Crippen LogP contribution in [0.3, 0.4) is 0 Å². The number of nitrogens with zero attached hydrogens (tertiary/aromatic N) is 1. The number of nitrogens with one attached hydrogen (secondary N) is 1. The minimum atomic E-state index is -0.613. The molecule has 1 aromatic heterocycles. The minimum absolute atomic E-state index is 0.463. The van der Waals surface area contributed by atoms with Gasteiger partial charge < -0.3 is 9.88 Å². The monoisotopic (exact) mass is 396 g/mol. The van der Waals surface area contributed by atoms with Crippen LogP contribution in [0, 0.1) is 20.8 Å². The average molecular weight is 396 g/mol. The summed E-state index contributed by atoms with van der Waals surface area (Å²) in [5.41, 5.74) is 5.90. The number of aryl methyl sites for hydroxylation is 2. The van der Waals surface area contributed by atoms with E-state index in [9.17, 15) is 9.59 Å². The van der Waals surface area contributed by atoms with Crippen LogP contribution >= 0.6 is 0 Å². The molecule has 0 spiro atoms. The van der Waals surface area contributed by atoms with Gasteiger partial charge in [-0.3, -0.25) is 9.59 Å². The number of hydrogen-bond donors (Lipinski definition) is 1. The zero-order chi connectivity index (χ0) is 21.3. The molecule has 0 atom stereocenters. The van der Waals surface area contributed by atoms with Gasteiger partial charge in [0.2, 0.25) is 0 Å². The summed E-state index contributed by atoms with van der Waals surface area (Å²) in [7, 11) is 0. The Bertz CT molecular complexity index is 1230. The van der Waals surface area contributed by atoms with Gasteiger partial charge in [-0.1, -0.05) is 66.7 Å². The first kappa shape index (κ1) is 19.6. The lowest BCUT2D eigenvalue weighted by Gasteiger charge is -2.11. The van der Waals surface area contributed by atoms with E-state index in [2.05, 4.69) is 22.0 Å². The SMILES string of the molecule is Cc1cccc(C)c1NC(=O)C(=O)c1c(C)n(Cc2ccccc2)c2ccccc12. The highest BCUT2D eigenvalue weighted by Crippen LogP contribution is 2.28. The van der Waals surface area contributed by atoms with E-state index in [1.807, 2.05) is 81.4 Å². The van der Waals surface area contributed by atoms with E-state index in [4.69, 9.17) is 0 Å². The normalized spacial score (nSPS) is 10.9. The predicted octanol–water partition coefficient (Wildman–Crippen LogP) is 5.44. The van der Waals surface area contributed by atoms with E-state index in [1.165, 1.54) is 0 Å². The van der Waals surface area contributed by atoms with E-state index in [1.54, 1.807) is 0 Å². The Hall–Kier alpha value is -3.66. The quantitative estimate of drug-likeness (QED) is 0.361. The number of amides is 1. The summed E-state index contributed by atoms with van der Waals surface area (Å²) in [5.74, 6) is -1.13. The van der Waals surface area contributed by atoms with Gasteiger partial charge in [-0.15, -0.1) is 0 Å².